The number of aliphatic hydroxyl groups excluding tert-OH is 1. The molecule has 0 saturated carbocycles. The summed E-state index contributed by atoms with van der Waals surface area (Å²) in [6.45, 7) is 3.81. The standard InChI is InChI=1S/C29H34N6O3/c1-37-27-6-4-3-5-24(27)26-10-8-22-18-30-29(32-35(22)26)31-25-9-7-21(17-28(25)38-2)33-14-11-20(12-15-33)34-16-13-23(36)19-34/h3-10,17-18,20,23,36H,11-16,19H2,1-2H3,(H,31,32). The van der Waals surface area contributed by atoms with Gasteiger partial charge in [-0.1, -0.05) is 12.1 Å². The van der Waals surface area contributed by atoms with Crippen molar-refractivity contribution < 1.29 is 14.6 Å². The van der Waals surface area contributed by atoms with Gasteiger partial charge in [-0.15, -0.1) is 5.10 Å². The van der Waals surface area contributed by atoms with Gasteiger partial charge in [0.1, 0.15) is 11.5 Å². The van der Waals surface area contributed by atoms with Gasteiger partial charge in [-0.3, -0.25) is 4.90 Å². The predicted molar refractivity (Wildman–Crippen MR) is 149 cm³/mol. The minimum atomic E-state index is -0.160. The number of piperidine rings is 1. The van der Waals surface area contributed by atoms with Gasteiger partial charge in [-0.2, -0.15) is 0 Å². The second-order valence-corrected chi connectivity index (χ2v) is 10.0. The average molecular weight is 515 g/mol. The number of nitrogens with zero attached hydrogens (tertiary/aromatic N) is 5. The molecule has 4 aromatic rings. The molecule has 2 aliphatic heterocycles. The van der Waals surface area contributed by atoms with Crippen LogP contribution in [0.15, 0.2) is 60.8 Å². The molecule has 2 saturated heterocycles. The van der Waals surface area contributed by atoms with Crippen molar-refractivity contribution in [1.82, 2.24) is 19.5 Å². The van der Waals surface area contributed by atoms with Gasteiger partial charge in [0.05, 0.1) is 43.4 Å². The van der Waals surface area contributed by atoms with Crippen molar-refractivity contribution in [3.05, 3.63) is 60.8 Å². The van der Waals surface area contributed by atoms with Gasteiger partial charge in [-0.05, 0) is 55.7 Å². The van der Waals surface area contributed by atoms with Gasteiger partial charge < -0.3 is 24.8 Å². The molecule has 0 aliphatic carbocycles. The first kappa shape index (κ1) is 24.5. The van der Waals surface area contributed by atoms with Gasteiger partial charge in [0, 0.05) is 49.5 Å². The number of aromatic nitrogens is 3. The van der Waals surface area contributed by atoms with E-state index >= 15 is 0 Å². The number of nitrogens with one attached hydrogen (secondary N) is 1. The first-order valence-corrected chi connectivity index (χ1v) is 13.2. The molecule has 2 fully saturated rings. The van der Waals surface area contributed by atoms with Crippen LogP contribution in [-0.2, 0) is 0 Å². The normalized spacial score (nSPS) is 18.7. The molecule has 38 heavy (non-hydrogen) atoms. The number of hydrogen-bond acceptors (Lipinski definition) is 8. The second kappa shape index (κ2) is 10.5. The first-order chi connectivity index (χ1) is 18.6. The van der Waals surface area contributed by atoms with Crippen LogP contribution in [0.3, 0.4) is 0 Å². The maximum atomic E-state index is 9.89. The van der Waals surface area contributed by atoms with E-state index in [1.165, 1.54) is 0 Å². The van der Waals surface area contributed by atoms with Crippen molar-refractivity contribution in [3.8, 4) is 22.8 Å². The Labute approximate surface area is 222 Å². The third-order valence-electron chi connectivity index (χ3n) is 7.75. The molecule has 0 amide bonds. The lowest BCUT2D eigenvalue weighted by atomic mass is 10.0. The Morgan fingerprint density at radius 3 is 2.50 bits per heavy atom. The molecular formula is C29H34N6O3. The molecule has 9 heteroatoms. The number of β-amino-alcohol motifs (C(OH)–C–C–N with tert-alkyl or cyclic N) is 1. The Morgan fingerprint density at radius 1 is 0.921 bits per heavy atom. The maximum Gasteiger partial charge on any atom is 0.245 e. The van der Waals surface area contributed by atoms with Crippen molar-refractivity contribution in [3.63, 3.8) is 0 Å². The fourth-order valence-electron chi connectivity index (χ4n) is 5.71. The lowest BCUT2D eigenvalue weighted by Crippen LogP contribution is -2.44. The highest BCUT2D eigenvalue weighted by atomic mass is 16.5. The van der Waals surface area contributed by atoms with Crippen molar-refractivity contribution in [2.45, 2.75) is 31.4 Å². The lowest BCUT2D eigenvalue weighted by Gasteiger charge is -2.38. The summed E-state index contributed by atoms with van der Waals surface area (Å²) in [6, 6.07) is 18.7. The highest BCUT2D eigenvalue weighted by molar-refractivity contribution is 5.72. The Balaban J connectivity index is 1.19. The largest absolute Gasteiger partial charge is 0.496 e. The number of anilines is 3. The van der Waals surface area contributed by atoms with Crippen LogP contribution < -0.4 is 19.7 Å². The number of fused-ring (bicyclic) bond motifs is 1. The molecule has 2 aromatic carbocycles. The van der Waals surface area contributed by atoms with E-state index in [2.05, 4.69) is 32.2 Å². The number of rotatable bonds is 7. The van der Waals surface area contributed by atoms with Crippen LogP contribution in [0.25, 0.3) is 16.8 Å². The molecular weight excluding hydrogens is 480 g/mol. The summed E-state index contributed by atoms with van der Waals surface area (Å²) in [5.74, 6) is 2.01. The van der Waals surface area contributed by atoms with Crippen molar-refractivity contribution in [2.24, 2.45) is 0 Å². The minimum Gasteiger partial charge on any atom is -0.496 e. The topological polar surface area (TPSA) is 87.4 Å². The zero-order chi connectivity index (χ0) is 26.1. The van der Waals surface area contributed by atoms with Gasteiger partial charge in [0.2, 0.25) is 5.95 Å². The van der Waals surface area contributed by atoms with E-state index in [-0.39, 0.29) is 6.10 Å². The number of methoxy groups -OCH3 is 2. The molecule has 0 spiro atoms. The molecule has 2 aliphatic rings. The van der Waals surface area contributed by atoms with E-state index in [1.54, 1.807) is 20.4 Å². The number of aliphatic hydroxyl groups is 1. The van der Waals surface area contributed by atoms with E-state index in [0.717, 1.165) is 85.1 Å². The van der Waals surface area contributed by atoms with Crippen LogP contribution in [0.5, 0.6) is 11.5 Å². The molecule has 2 N–H and O–H groups in total. The van der Waals surface area contributed by atoms with Crippen LogP contribution in [0.4, 0.5) is 17.3 Å². The molecule has 0 bridgehead atoms. The Morgan fingerprint density at radius 2 is 1.74 bits per heavy atom. The van der Waals surface area contributed by atoms with Gasteiger partial charge in [0.25, 0.3) is 0 Å². The average Bonchev–Trinajstić information content (AvgIpc) is 3.59. The quantitative estimate of drug-likeness (QED) is 0.380. The highest BCUT2D eigenvalue weighted by Crippen LogP contribution is 2.34. The molecule has 9 nitrogen and oxygen atoms in total. The Bertz CT molecular complexity index is 1410. The monoisotopic (exact) mass is 514 g/mol. The molecule has 4 heterocycles. The van der Waals surface area contributed by atoms with E-state index in [9.17, 15) is 5.11 Å². The molecule has 1 unspecified atom stereocenters. The summed E-state index contributed by atoms with van der Waals surface area (Å²) in [7, 11) is 3.36. The number of hydrogen-bond donors (Lipinski definition) is 2. The minimum absolute atomic E-state index is 0.160. The van der Waals surface area contributed by atoms with Gasteiger partial charge in [0.15, 0.2) is 0 Å². The zero-order valence-electron chi connectivity index (χ0n) is 21.9. The zero-order valence-corrected chi connectivity index (χ0v) is 21.9. The van der Waals surface area contributed by atoms with Crippen molar-refractivity contribution in [2.75, 3.05) is 50.6 Å². The third-order valence-corrected chi connectivity index (χ3v) is 7.75. The smallest absolute Gasteiger partial charge is 0.245 e. The van der Waals surface area contributed by atoms with Crippen LogP contribution in [0.1, 0.15) is 19.3 Å². The summed E-state index contributed by atoms with van der Waals surface area (Å²) < 4.78 is 13.2. The van der Waals surface area contributed by atoms with Gasteiger partial charge >= 0.3 is 0 Å². The molecule has 6 rings (SSSR count). The lowest BCUT2D eigenvalue weighted by molar-refractivity contribution is 0.148. The van der Waals surface area contributed by atoms with E-state index in [4.69, 9.17) is 14.6 Å². The van der Waals surface area contributed by atoms with Crippen LogP contribution in [-0.4, -0.2) is 77.1 Å². The summed E-state index contributed by atoms with van der Waals surface area (Å²) in [5, 5.41) is 18.0. The SMILES string of the molecule is COc1cc(N2CCC(N3CCC(O)C3)CC2)ccc1Nc1ncc2ccc(-c3ccccc3OC)n2n1. The van der Waals surface area contributed by atoms with E-state index in [1.807, 2.05) is 47.0 Å². The number of benzene rings is 2. The number of likely N-dealkylation sites (tertiary alicyclic amines) is 1. The molecule has 1 atom stereocenters. The molecule has 0 radical (unpaired) electrons. The van der Waals surface area contributed by atoms with Crippen molar-refractivity contribution in [1.29, 1.82) is 0 Å². The number of para-hydroxylation sites is 1. The van der Waals surface area contributed by atoms with Crippen LogP contribution >= 0.6 is 0 Å². The summed E-state index contributed by atoms with van der Waals surface area (Å²) in [6.07, 6.45) is 4.75. The molecule has 2 aromatic heterocycles. The van der Waals surface area contributed by atoms with Gasteiger partial charge in [-0.25, -0.2) is 9.50 Å². The Kier molecular flexibility index (Phi) is 6.78. The second-order valence-electron chi connectivity index (χ2n) is 10.0. The number of ether oxygens (including phenoxy) is 2. The van der Waals surface area contributed by atoms with Crippen LogP contribution in [0, 0.1) is 0 Å². The van der Waals surface area contributed by atoms with Crippen LogP contribution in [0.2, 0.25) is 0 Å². The fourth-order valence-corrected chi connectivity index (χ4v) is 5.71. The predicted octanol–water partition coefficient (Wildman–Crippen LogP) is 4.19. The first-order valence-electron chi connectivity index (χ1n) is 13.2. The summed E-state index contributed by atoms with van der Waals surface area (Å²) in [5.41, 5.74) is 4.74. The Hall–Kier alpha value is -3.82. The summed E-state index contributed by atoms with van der Waals surface area (Å²) >= 11 is 0. The summed E-state index contributed by atoms with van der Waals surface area (Å²) in [4.78, 5) is 9.40. The maximum absolute atomic E-state index is 9.89. The third kappa shape index (κ3) is 4.75. The van der Waals surface area contributed by atoms with Crippen molar-refractivity contribution >= 4 is 22.8 Å². The fraction of sp³-hybridized carbons (Fsp3) is 0.379. The van der Waals surface area contributed by atoms with E-state index in [0.29, 0.717) is 12.0 Å². The van der Waals surface area contributed by atoms with E-state index < -0.39 is 0 Å². The highest BCUT2D eigenvalue weighted by Gasteiger charge is 2.30. The molecule has 198 valence electrons.